The lowest BCUT2D eigenvalue weighted by atomic mass is 10.1. The molecule has 0 radical (unpaired) electrons. The van der Waals surface area contributed by atoms with Gasteiger partial charge in [0.05, 0.1) is 30.5 Å². The highest BCUT2D eigenvalue weighted by atomic mass is 35.5. The van der Waals surface area contributed by atoms with E-state index in [9.17, 15) is 4.79 Å². The molecule has 1 aromatic heterocycles. The quantitative estimate of drug-likeness (QED) is 0.761. The number of benzene rings is 2. The van der Waals surface area contributed by atoms with Gasteiger partial charge in [0.15, 0.2) is 0 Å². The minimum Gasteiger partial charge on any atom is -0.372 e. The number of fused-ring (bicyclic) bond motifs is 2. The van der Waals surface area contributed by atoms with E-state index in [1.54, 1.807) is 18.3 Å². The number of amides is 1. The molecule has 0 spiro atoms. The lowest BCUT2D eigenvalue weighted by molar-refractivity contribution is 0.102. The first-order valence-corrected chi connectivity index (χ1v) is 7.22. The molecular weight excluding hydrogens is 302 g/mol. The van der Waals surface area contributed by atoms with Crippen molar-refractivity contribution in [3.63, 3.8) is 0 Å². The Morgan fingerprint density at radius 3 is 3.00 bits per heavy atom. The van der Waals surface area contributed by atoms with E-state index in [4.69, 9.17) is 16.3 Å². The zero-order valence-corrected chi connectivity index (χ0v) is 12.3. The van der Waals surface area contributed by atoms with Crippen molar-refractivity contribution in [3.05, 3.63) is 58.2 Å². The maximum atomic E-state index is 12.5. The second-order valence-electron chi connectivity index (χ2n) is 5.22. The molecule has 2 N–H and O–H groups in total. The standard InChI is InChI=1S/C16H12ClN3O2/c17-11-4-13(14-6-18-20-15(14)5-11)16(21)19-12-2-1-9-7-22-8-10(9)3-12/h1-6H,7-8H2,(H,18,20)(H,19,21). The fourth-order valence-corrected chi connectivity index (χ4v) is 2.87. The number of hydrogen-bond donors (Lipinski definition) is 2. The Bertz CT molecular complexity index is 888. The zero-order chi connectivity index (χ0) is 15.1. The fourth-order valence-electron chi connectivity index (χ4n) is 2.65. The molecule has 22 heavy (non-hydrogen) atoms. The predicted octanol–water partition coefficient (Wildman–Crippen LogP) is 3.50. The molecule has 2 heterocycles. The minimum atomic E-state index is -0.215. The number of H-pyrrole nitrogens is 1. The molecule has 0 atom stereocenters. The number of hydrogen-bond acceptors (Lipinski definition) is 3. The van der Waals surface area contributed by atoms with E-state index in [0.29, 0.717) is 23.8 Å². The van der Waals surface area contributed by atoms with Crippen LogP contribution in [0.2, 0.25) is 5.02 Å². The number of nitrogens with one attached hydrogen (secondary N) is 2. The highest BCUT2D eigenvalue weighted by molar-refractivity contribution is 6.32. The molecule has 3 aromatic rings. The number of ether oxygens (including phenoxy) is 1. The maximum Gasteiger partial charge on any atom is 0.256 e. The van der Waals surface area contributed by atoms with Crippen LogP contribution in [0.3, 0.4) is 0 Å². The van der Waals surface area contributed by atoms with Gasteiger partial charge in [-0.15, -0.1) is 0 Å². The Labute approximate surface area is 131 Å². The van der Waals surface area contributed by atoms with Crippen LogP contribution in [0.25, 0.3) is 10.9 Å². The van der Waals surface area contributed by atoms with Gasteiger partial charge in [-0.1, -0.05) is 17.7 Å². The second kappa shape index (κ2) is 5.12. The topological polar surface area (TPSA) is 67.0 Å². The van der Waals surface area contributed by atoms with E-state index in [-0.39, 0.29) is 5.91 Å². The number of carbonyl (C=O) groups is 1. The number of carbonyl (C=O) groups excluding carboxylic acids is 1. The Hall–Kier alpha value is -2.37. The molecule has 0 bridgehead atoms. The van der Waals surface area contributed by atoms with Crippen molar-refractivity contribution < 1.29 is 9.53 Å². The smallest absolute Gasteiger partial charge is 0.256 e. The van der Waals surface area contributed by atoms with Gasteiger partial charge in [-0.3, -0.25) is 9.89 Å². The molecule has 0 saturated carbocycles. The number of anilines is 1. The van der Waals surface area contributed by atoms with Gasteiger partial charge in [0, 0.05) is 16.1 Å². The largest absolute Gasteiger partial charge is 0.372 e. The van der Waals surface area contributed by atoms with Crippen molar-refractivity contribution in [2.24, 2.45) is 0 Å². The van der Waals surface area contributed by atoms with Crippen LogP contribution in [0.15, 0.2) is 36.5 Å². The van der Waals surface area contributed by atoms with Gasteiger partial charge in [0.2, 0.25) is 0 Å². The third kappa shape index (κ3) is 2.24. The van der Waals surface area contributed by atoms with Gasteiger partial charge in [-0.2, -0.15) is 5.10 Å². The molecule has 0 unspecified atom stereocenters. The van der Waals surface area contributed by atoms with E-state index in [2.05, 4.69) is 15.5 Å². The summed E-state index contributed by atoms with van der Waals surface area (Å²) in [6, 6.07) is 9.18. The van der Waals surface area contributed by atoms with Gasteiger partial charge in [-0.05, 0) is 35.4 Å². The van der Waals surface area contributed by atoms with Crippen LogP contribution in [-0.2, 0) is 18.0 Å². The molecule has 2 aromatic carbocycles. The molecule has 4 rings (SSSR count). The van der Waals surface area contributed by atoms with Crippen LogP contribution >= 0.6 is 11.6 Å². The summed E-state index contributed by atoms with van der Waals surface area (Å²) < 4.78 is 5.38. The van der Waals surface area contributed by atoms with Crippen molar-refractivity contribution in [1.29, 1.82) is 0 Å². The van der Waals surface area contributed by atoms with Crippen molar-refractivity contribution in [3.8, 4) is 0 Å². The molecule has 0 saturated heterocycles. The summed E-state index contributed by atoms with van der Waals surface area (Å²) in [6.45, 7) is 1.22. The first-order chi connectivity index (χ1) is 10.7. The molecule has 1 aliphatic rings. The van der Waals surface area contributed by atoms with Crippen LogP contribution in [0.5, 0.6) is 0 Å². The van der Waals surface area contributed by atoms with Crippen LogP contribution in [0.4, 0.5) is 5.69 Å². The van der Waals surface area contributed by atoms with Crippen molar-refractivity contribution >= 4 is 34.1 Å². The molecule has 1 amide bonds. The number of nitrogens with zero attached hydrogens (tertiary/aromatic N) is 1. The lowest BCUT2D eigenvalue weighted by Gasteiger charge is -2.08. The molecule has 1 aliphatic heterocycles. The van der Waals surface area contributed by atoms with Crippen LogP contribution < -0.4 is 5.32 Å². The SMILES string of the molecule is O=C(Nc1ccc2c(c1)COC2)c1cc(Cl)cc2[nH]ncc12. The van der Waals surface area contributed by atoms with Crippen molar-refractivity contribution in [2.45, 2.75) is 13.2 Å². The highest BCUT2D eigenvalue weighted by Gasteiger charge is 2.15. The van der Waals surface area contributed by atoms with Gasteiger partial charge >= 0.3 is 0 Å². The molecule has 0 aliphatic carbocycles. The Kier molecular flexibility index (Phi) is 3.10. The number of halogens is 1. The minimum absolute atomic E-state index is 0.215. The Morgan fingerprint density at radius 2 is 2.09 bits per heavy atom. The second-order valence-corrected chi connectivity index (χ2v) is 5.65. The summed E-state index contributed by atoms with van der Waals surface area (Å²) in [5.74, 6) is -0.215. The van der Waals surface area contributed by atoms with Crippen molar-refractivity contribution in [2.75, 3.05) is 5.32 Å². The molecule has 110 valence electrons. The van der Waals surface area contributed by atoms with E-state index >= 15 is 0 Å². The normalized spacial score (nSPS) is 13.3. The first-order valence-electron chi connectivity index (χ1n) is 6.84. The van der Waals surface area contributed by atoms with Gasteiger partial charge in [-0.25, -0.2) is 0 Å². The number of aromatic nitrogens is 2. The van der Waals surface area contributed by atoms with Gasteiger partial charge < -0.3 is 10.1 Å². The fraction of sp³-hybridized carbons (Fsp3) is 0.125. The van der Waals surface area contributed by atoms with Crippen molar-refractivity contribution in [1.82, 2.24) is 10.2 Å². The summed E-state index contributed by atoms with van der Waals surface area (Å²) in [5, 5.41) is 10.9. The third-order valence-corrected chi connectivity index (χ3v) is 3.97. The average molecular weight is 314 g/mol. The Morgan fingerprint density at radius 1 is 1.23 bits per heavy atom. The van der Waals surface area contributed by atoms with Crippen LogP contribution in [0.1, 0.15) is 21.5 Å². The molecular formula is C16H12ClN3O2. The number of rotatable bonds is 2. The highest BCUT2D eigenvalue weighted by Crippen LogP contribution is 2.26. The predicted molar refractivity (Wildman–Crippen MR) is 84.0 cm³/mol. The summed E-state index contributed by atoms with van der Waals surface area (Å²) in [5.41, 5.74) is 4.24. The average Bonchev–Trinajstić information content (AvgIpc) is 3.13. The van der Waals surface area contributed by atoms with E-state index in [1.807, 2.05) is 18.2 Å². The first kappa shape index (κ1) is 13.3. The molecule has 5 nitrogen and oxygen atoms in total. The number of aromatic amines is 1. The maximum absolute atomic E-state index is 12.5. The summed E-state index contributed by atoms with van der Waals surface area (Å²) in [4.78, 5) is 12.5. The molecule has 6 heteroatoms. The van der Waals surface area contributed by atoms with Gasteiger partial charge in [0.1, 0.15) is 0 Å². The summed E-state index contributed by atoms with van der Waals surface area (Å²) in [7, 11) is 0. The summed E-state index contributed by atoms with van der Waals surface area (Å²) >= 11 is 6.06. The molecule has 0 fully saturated rings. The van der Waals surface area contributed by atoms with Gasteiger partial charge in [0.25, 0.3) is 5.91 Å². The lowest BCUT2D eigenvalue weighted by Crippen LogP contribution is -2.12. The van der Waals surface area contributed by atoms with E-state index < -0.39 is 0 Å². The zero-order valence-electron chi connectivity index (χ0n) is 11.5. The third-order valence-electron chi connectivity index (χ3n) is 3.75. The Balaban J connectivity index is 1.68. The van der Waals surface area contributed by atoms with Crippen LogP contribution in [-0.4, -0.2) is 16.1 Å². The van der Waals surface area contributed by atoms with Crippen LogP contribution in [0, 0.1) is 0 Å². The summed E-state index contributed by atoms with van der Waals surface area (Å²) in [6.07, 6.45) is 1.62. The van der Waals surface area contributed by atoms with E-state index in [0.717, 1.165) is 27.7 Å². The van der Waals surface area contributed by atoms with E-state index in [1.165, 1.54) is 0 Å². The monoisotopic (exact) mass is 313 g/mol.